The fraction of sp³-hybridized carbons (Fsp3) is 0.350. The second kappa shape index (κ2) is 8.37. The monoisotopic (exact) mass is 372 g/mol. The molecule has 0 unspecified atom stereocenters. The van der Waals surface area contributed by atoms with Crippen LogP contribution in [-0.4, -0.2) is 40.5 Å². The molecule has 0 saturated carbocycles. The molecular formula is C20H25FN4O2. The van der Waals surface area contributed by atoms with Crippen molar-refractivity contribution < 1.29 is 9.50 Å². The van der Waals surface area contributed by atoms with Crippen LogP contribution in [0.25, 0.3) is 6.08 Å². The number of hydrogen-bond acceptors (Lipinski definition) is 4. The van der Waals surface area contributed by atoms with Gasteiger partial charge in [0.15, 0.2) is 0 Å². The van der Waals surface area contributed by atoms with Crippen LogP contribution in [0, 0.1) is 0 Å². The van der Waals surface area contributed by atoms with Gasteiger partial charge in [0.2, 0.25) is 0 Å². The fourth-order valence-corrected chi connectivity index (χ4v) is 3.19. The lowest BCUT2D eigenvalue weighted by Crippen LogP contribution is -2.27. The van der Waals surface area contributed by atoms with E-state index >= 15 is 0 Å². The summed E-state index contributed by atoms with van der Waals surface area (Å²) in [6, 6.07) is 0. The van der Waals surface area contributed by atoms with Crippen molar-refractivity contribution in [2.24, 2.45) is 0 Å². The maximum absolute atomic E-state index is 14.2. The minimum atomic E-state index is -1.06. The Kier molecular flexibility index (Phi) is 5.93. The summed E-state index contributed by atoms with van der Waals surface area (Å²) in [6.45, 7) is 7.33. The minimum absolute atomic E-state index is 0.0472. The van der Waals surface area contributed by atoms with E-state index in [1.54, 1.807) is 16.8 Å². The average Bonchev–Trinajstić information content (AvgIpc) is 2.79. The molecule has 0 aromatic carbocycles. The van der Waals surface area contributed by atoms with E-state index in [1.165, 1.54) is 0 Å². The number of aromatic amines is 1. The lowest BCUT2D eigenvalue weighted by molar-refractivity contribution is 0.291. The van der Waals surface area contributed by atoms with Crippen LogP contribution in [0.2, 0.25) is 0 Å². The van der Waals surface area contributed by atoms with Crippen LogP contribution in [0.3, 0.4) is 0 Å². The first kappa shape index (κ1) is 19.1. The Bertz CT molecular complexity index is 902. The number of allylic oxidation sites excluding steroid dienone is 7. The highest BCUT2D eigenvalue weighted by Crippen LogP contribution is 2.31. The van der Waals surface area contributed by atoms with E-state index in [1.807, 2.05) is 25.2 Å². The van der Waals surface area contributed by atoms with Crippen molar-refractivity contribution in [3.8, 4) is 0 Å². The molecule has 1 aliphatic heterocycles. The number of H-pyrrole nitrogens is 1. The molecule has 2 aliphatic rings. The second-order valence-electron chi connectivity index (χ2n) is 6.69. The van der Waals surface area contributed by atoms with Crippen LogP contribution in [0.15, 0.2) is 58.1 Å². The molecule has 0 amide bonds. The number of fused-ring (bicyclic) bond motifs is 1. The van der Waals surface area contributed by atoms with Gasteiger partial charge in [-0.1, -0.05) is 18.2 Å². The van der Waals surface area contributed by atoms with E-state index in [2.05, 4.69) is 22.2 Å². The predicted octanol–water partition coefficient (Wildman–Crippen LogP) is 2.25. The first-order chi connectivity index (χ1) is 13.0. The molecule has 7 heteroatoms. The van der Waals surface area contributed by atoms with Gasteiger partial charge in [-0.05, 0) is 41.9 Å². The first-order valence-electron chi connectivity index (χ1n) is 9.01. The zero-order chi connectivity index (χ0) is 19.4. The topological polar surface area (TPSA) is 82.1 Å². The molecule has 0 spiro atoms. The van der Waals surface area contributed by atoms with Gasteiger partial charge in [-0.3, -0.25) is 9.55 Å². The number of alkyl halides is 1. The van der Waals surface area contributed by atoms with Crippen molar-refractivity contribution >= 4 is 11.9 Å². The third-order valence-corrected chi connectivity index (χ3v) is 4.59. The minimum Gasteiger partial charge on any atom is -0.395 e. The van der Waals surface area contributed by atoms with Crippen molar-refractivity contribution in [3.63, 3.8) is 0 Å². The van der Waals surface area contributed by atoms with Gasteiger partial charge in [0.25, 0.3) is 0 Å². The van der Waals surface area contributed by atoms with Crippen molar-refractivity contribution in [1.29, 1.82) is 0 Å². The van der Waals surface area contributed by atoms with Crippen LogP contribution in [0.1, 0.15) is 19.0 Å². The standard InChI is InChI=1S/C20H25FN4O2/c1-13(2)15-9-16(11-17(21)10-15)14-3-4-23-19-18(12-14)25(20(27)24-19)7-5-22-6-8-26/h3-4,9,11-12,17,22-23,26H,1,5-8,10H2,2H3,(H,24,27)/t17-/m0/s1. The number of anilines is 1. The van der Waals surface area contributed by atoms with E-state index in [-0.39, 0.29) is 12.3 Å². The molecule has 0 fully saturated rings. The van der Waals surface area contributed by atoms with Crippen molar-refractivity contribution in [1.82, 2.24) is 14.9 Å². The van der Waals surface area contributed by atoms with Crippen LogP contribution >= 0.6 is 0 Å². The van der Waals surface area contributed by atoms with Crippen molar-refractivity contribution in [2.45, 2.75) is 26.1 Å². The molecule has 1 atom stereocenters. The summed E-state index contributed by atoms with van der Waals surface area (Å²) in [6.07, 6.45) is 8.32. The van der Waals surface area contributed by atoms with Crippen LogP contribution in [0.5, 0.6) is 0 Å². The number of rotatable bonds is 7. The Morgan fingerprint density at radius 3 is 2.96 bits per heavy atom. The van der Waals surface area contributed by atoms with Gasteiger partial charge in [-0.25, -0.2) is 9.18 Å². The number of aliphatic hydroxyl groups is 1. The van der Waals surface area contributed by atoms with E-state index < -0.39 is 6.17 Å². The largest absolute Gasteiger partial charge is 0.395 e. The van der Waals surface area contributed by atoms with Gasteiger partial charge in [0, 0.05) is 32.3 Å². The molecule has 0 bridgehead atoms. The average molecular weight is 372 g/mol. The molecule has 1 aromatic rings. The van der Waals surface area contributed by atoms with Crippen molar-refractivity contribution in [3.05, 3.63) is 69.5 Å². The Balaban J connectivity index is 1.95. The van der Waals surface area contributed by atoms with Crippen LogP contribution < -0.4 is 16.3 Å². The predicted molar refractivity (Wildman–Crippen MR) is 106 cm³/mol. The number of halogens is 1. The first-order valence-corrected chi connectivity index (χ1v) is 9.01. The lowest BCUT2D eigenvalue weighted by atomic mass is 9.90. The number of imidazole rings is 1. The zero-order valence-electron chi connectivity index (χ0n) is 15.4. The summed E-state index contributed by atoms with van der Waals surface area (Å²) >= 11 is 0. The van der Waals surface area contributed by atoms with Gasteiger partial charge in [0.1, 0.15) is 12.0 Å². The zero-order valence-corrected chi connectivity index (χ0v) is 15.4. The van der Waals surface area contributed by atoms with E-state index in [9.17, 15) is 9.18 Å². The molecule has 3 rings (SSSR count). The third kappa shape index (κ3) is 4.37. The van der Waals surface area contributed by atoms with Crippen LogP contribution in [0.4, 0.5) is 10.2 Å². The molecule has 0 radical (unpaired) electrons. The summed E-state index contributed by atoms with van der Waals surface area (Å²) in [4.78, 5) is 15.1. The van der Waals surface area contributed by atoms with Crippen LogP contribution in [-0.2, 0) is 6.54 Å². The molecule has 144 valence electrons. The molecule has 4 N–H and O–H groups in total. The number of aromatic nitrogens is 2. The maximum atomic E-state index is 14.2. The highest BCUT2D eigenvalue weighted by Gasteiger charge is 2.19. The summed E-state index contributed by atoms with van der Waals surface area (Å²) in [5.74, 6) is 0.603. The third-order valence-electron chi connectivity index (χ3n) is 4.59. The lowest BCUT2D eigenvalue weighted by Gasteiger charge is -2.17. The molecule has 1 aliphatic carbocycles. The van der Waals surface area contributed by atoms with E-state index in [0.29, 0.717) is 37.6 Å². The highest BCUT2D eigenvalue weighted by atomic mass is 19.1. The Hall–Kier alpha value is -2.64. The number of nitrogens with zero attached hydrogens (tertiary/aromatic N) is 1. The van der Waals surface area contributed by atoms with E-state index in [4.69, 9.17) is 5.11 Å². The number of nitrogens with one attached hydrogen (secondary N) is 3. The smallest absolute Gasteiger partial charge is 0.327 e. The number of aliphatic hydroxyl groups excluding tert-OH is 1. The normalized spacial score (nSPS) is 18.8. The van der Waals surface area contributed by atoms with Gasteiger partial charge >= 0.3 is 5.69 Å². The van der Waals surface area contributed by atoms with Gasteiger partial charge < -0.3 is 15.7 Å². The summed E-state index contributed by atoms with van der Waals surface area (Å²) < 4.78 is 15.8. The molecule has 2 heterocycles. The SMILES string of the molecule is C=C(C)C1=CC(C2=Cc3c([nH]c(=O)n3CCNCCO)NC=C2)=C[C@@H](F)C1. The molecule has 0 saturated heterocycles. The molecule has 6 nitrogen and oxygen atoms in total. The molecule has 1 aromatic heterocycles. The summed E-state index contributed by atoms with van der Waals surface area (Å²) in [5.41, 5.74) is 3.83. The second-order valence-corrected chi connectivity index (χ2v) is 6.69. The number of hydrogen-bond donors (Lipinski definition) is 4. The highest BCUT2D eigenvalue weighted by molar-refractivity contribution is 5.72. The van der Waals surface area contributed by atoms with Crippen molar-refractivity contribution in [2.75, 3.05) is 25.0 Å². The quantitative estimate of drug-likeness (QED) is 0.554. The van der Waals surface area contributed by atoms with Gasteiger partial charge in [-0.15, -0.1) is 0 Å². The molecule has 27 heavy (non-hydrogen) atoms. The van der Waals surface area contributed by atoms with E-state index in [0.717, 1.165) is 22.3 Å². The fourth-order valence-electron chi connectivity index (χ4n) is 3.19. The summed E-state index contributed by atoms with van der Waals surface area (Å²) in [7, 11) is 0. The Morgan fingerprint density at radius 2 is 2.22 bits per heavy atom. The Morgan fingerprint density at radius 1 is 1.41 bits per heavy atom. The molecular weight excluding hydrogens is 347 g/mol. The Labute approximate surface area is 157 Å². The maximum Gasteiger partial charge on any atom is 0.327 e. The summed E-state index contributed by atoms with van der Waals surface area (Å²) in [5, 5.41) is 15.0. The van der Waals surface area contributed by atoms with Gasteiger partial charge in [-0.2, -0.15) is 0 Å². The van der Waals surface area contributed by atoms with Gasteiger partial charge in [0.05, 0.1) is 12.3 Å².